The number of hydrogen-bond acceptors (Lipinski definition) is 1. The molecule has 5 heteroatoms. The Morgan fingerprint density at radius 2 is 1.95 bits per heavy atom. The number of fused-ring (bicyclic) bond motifs is 1. The summed E-state index contributed by atoms with van der Waals surface area (Å²) in [5.41, 5.74) is 0.731. The average Bonchev–Trinajstić information content (AvgIpc) is 2.84. The molecule has 1 aromatic carbocycles. The maximum Gasteiger partial charge on any atom is 0.153 e. The Morgan fingerprint density at radius 1 is 1.19 bits per heavy atom. The second-order valence-electron chi connectivity index (χ2n) is 5.86. The molecule has 2 nitrogen and oxygen atoms in total. The summed E-state index contributed by atoms with van der Waals surface area (Å²) in [6.45, 7) is 0.728. The smallest absolute Gasteiger partial charge is 0.153 e. The van der Waals surface area contributed by atoms with E-state index in [2.05, 4.69) is 4.98 Å². The maximum absolute atomic E-state index is 13.8. The standard InChI is InChI=1S/C16H19ClF2N2/c17-10-15-20-16-13(19)8-12(18)9-14(16)21(15)7-6-11-4-2-1-3-5-11/h8-9,11H,1-7,10H2. The fourth-order valence-electron chi connectivity index (χ4n) is 3.34. The van der Waals surface area contributed by atoms with Crippen LogP contribution >= 0.6 is 11.6 Å². The first-order chi connectivity index (χ1) is 10.2. The van der Waals surface area contributed by atoms with E-state index >= 15 is 0 Å². The SMILES string of the molecule is Fc1cc(F)c2nc(CCl)n(CCC3CCCCC3)c2c1. The molecule has 0 N–H and O–H groups in total. The molecule has 1 saturated carbocycles. The first kappa shape index (κ1) is 14.8. The Morgan fingerprint density at radius 3 is 2.67 bits per heavy atom. The molecule has 0 radical (unpaired) electrons. The third-order valence-corrected chi connectivity index (χ3v) is 4.70. The lowest BCUT2D eigenvalue weighted by molar-refractivity contribution is 0.324. The first-order valence-corrected chi connectivity index (χ1v) is 8.12. The normalized spacial score (nSPS) is 16.7. The fraction of sp³-hybridized carbons (Fsp3) is 0.562. The van der Waals surface area contributed by atoms with Gasteiger partial charge in [0.1, 0.15) is 17.2 Å². The van der Waals surface area contributed by atoms with E-state index in [0.717, 1.165) is 19.0 Å². The molecular formula is C16H19ClF2N2. The predicted molar refractivity (Wildman–Crippen MR) is 80.4 cm³/mol. The largest absolute Gasteiger partial charge is 0.327 e. The van der Waals surface area contributed by atoms with Crippen molar-refractivity contribution in [1.29, 1.82) is 0 Å². The van der Waals surface area contributed by atoms with Gasteiger partial charge >= 0.3 is 0 Å². The summed E-state index contributed by atoms with van der Waals surface area (Å²) in [5.74, 6) is 0.345. The van der Waals surface area contributed by atoms with Gasteiger partial charge in [-0.2, -0.15) is 0 Å². The summed E-state index contributed by atoms with van der Waals surface area (Å²) in [5, 5.41) is 0. The Labute approximate surface area is 128 Å². The Kier molecular flexibility index (Phi) is 4.43. The van der Waals surface area contributed by atoms with E-state index in [1.807, 2.05) is 4.57 Å². The topological polar surface area (TPSA) is 17.8 Å². The molecule has 0 unspecified atom stereocenters. The minimum Gasteiger partial charge on any atom is -0.327 e. The van der Waals surface area contributed by atoms with Crippen molar-refractivity contribution in [2.45, 2.75) is 50.9 Å². The van der Waals surface area contributed by atoms with Crippen LogP contribution in [-0.2, 0) is 12.4 Å². The van der Waals surface area contributed by atoms with Crippen molar-refractivity contribution in [2.24, 2.45) is 5.92 Å². The van der Waals surface area contributed by atoms with Gasteiger partial charge in [-0.15, -0.1) is 11.6 Å². The van der Waals surface area contributed by atoms with Gasteiger partial charge in [-0.3, -0.25) is 0 Å². The number of rotatable bonds is 4. The van der Waals surface area contributed by atoms with Gasteiger partial charge in [-0.1, -0.05) is 32.1 Å². The number of alkyl halides is 1. The minimum absolute atomic E-state index is 0.209. The molecule has 1 fully saturated rings. The highest BCUT2D eigenvalue weighted by atomic mass is 35.5. The van der Waals surface area contributed by atoms with Crippen LogP contribution in [0.4, 0.5) is 8.78 Å². The number of hydrogen-bond donors (Lipinski definition) is 0. The number of aromatic nitrogens is 2. The second-order valence-corrected chi connectivity index (χ2v) is 6.13. The Bertz CT molecular complexity index is 633. The third-order valence-electron chi connectivity index (χ3n) is 4.46. The van der Waals surface area contributed by atoms with Crippen molar-refractivity contribution in [3.8, 4) is 0 Å². The van der Waals surface area contributed by atoms with Crippen LogP contribution < -0.4 is 0 Å². The van der Waals surface area contributed by atoms with Gasteiger partial charge in [0.25, 0.3) is 0 Å². The molecule has 0 bridgehead atoms. The monoisotopic (exact) mass is 312 g/mol. The molecule has 1 aliphatic rings. The van der Waals surface area contributed by atoms with E-state index in [0.29, 0.717) is 17.3 Å². The van der Waals surface area contributed by atoms with Crippen LogP contribution in [0.3, 0.4) is 0 Å². The van der Waals surface area contributed by atoms with Crippen LogP contribution in [0.15, 0.2) is 12.1 Å². The number of nitrogens with zero attached hydrogens (tertiary/aromatic N) is 2. The highest BCUT2D eigenvalue weighted by Gasteiger charge is 2.18. The van der Waals surface area contributed by atoms with Crippen molar-refractivity contribution in [1.82, 2.24) is 9.55 Å². The molecular weight excluding hydrogens is 294 g/mol. The molecule has 0 spiro atoms. The average molecular weight is 313 g/mol. The summed E-state index contributed by atoms with van der Waals surface area (Å²) >= 11 is 5.92. The number of imidazole rings is 1. The number of halogens is 3. The highest BCUT2D eigenvalue weighted by molar-refractivity contribution is 6.16. The van der Waals surface area contributed by atoms with Gasteiger partial charge in [0.05, 0.1) is 11.4 Å². The molecule has 3 rings (SSSR count). The zero-order valence-electron chi connectivity index (χ0n) is 11.9. The van der Waals surface area contributed by atoms with Crippen LogP contribution in [0.2, 0.25) is 0 Å². The molecule has 0 amide bonds. The molecule has 0 saturated heterocycles. The van der Waals surface area contributed by atoms with Crippen LogP contribution in [-0.4, -0.2) is 9.55 Å². The summed E-state index contributed by atoms with van der Waals surface area (Å²) in [6, 6.07) is 2.22. The zero-order chi connectivity index (χ0) is 14.8. The molecule has 114 valence electrons. The van der Waals surface area contributed by atoms with E-state index in [9.17, 15) is 8.78 Å². The van der Waals surface area contributed by atoms with Gasteiger partial charge < -0.3 is 4.57 Å². The molecule has 1 aliphatic carbocycles. The van der Waals surface area contributed by atoms with Gasteiger partial charge in [-0.25, -0.2) is 13.8 Å². The minimum atomic E-state index is -0.618. The first-order valence-electron chi connectivity index (χ1n) is 7.59. The van der Waals surface area contributed by atoms with E-state index < -0.39 is 11.6 Å². The molecule has 0 atom stereocenters. The number of aryl methyl sites for hydroxylation is 1. The van der Waals surface area contributed by atoms with E-state index in [4.69, 9.17) is 11.6 Å². The molecule has 0 aliphatic heterocycles. The summed E-state index contributed by atoms with van der Waals surface area (Å²) < 4.78 is 29.2. The summed E-state index contributed by atoms with van der Waals surface area (Å²) in [4.78, 5) is 4.22. The molecule has 21 heavy (non-hydrogen) atoms. The number of benzene rings is 1. The summed E-state index contributed by atoms with van der Waals surface area (Å²) in [7, 11) is 0. The molecule has 1 aromatic heterocycles. The van der Waals surface area contributed by atoms with Crippen LogP contribution in [0.5, 0.6) is 0 Å². The lowest BCUT2D eigenvalue weighted by Crippen LogP contribution is -2.11. The zero-order valence-corrected chi connectivity index (χ0v) is 12.7. The van der Waals surface area contributed by atoms with E-state index in [1.54, 1.807) is 0 Å². The quantitative estimate of drug-likeness (QED) is 0.724. The van der Waals surface area contributed by atoms with Gasteiger partial charge in [0.15, 0.2) is 5.82 Å². The van der Waals surface area contributed by atoms with Crippen molar-refractivity contribution in [2.75, 3.05) is 0 Å². The summed E-state index contributed by atoms with van der Waals surface area (Å²) in [6.07, 6.45) is 7.44. The van der Waals surface area contributed by atoms with Crippen molar-refractivity contribution in [3.63, 3.8) is 0 Å². The van der Waals surface area contributed by atoms with Crippen LogP contribution in [0, 0.1) is 17.6 Å². The van der Waals surface area contributed by atoms with Gasteiger partial charge in [0, 0.05) is 12.6 Å². The fourth-order valence-corrected chi connectivity index (χ4v) is 3.54. The van der Waals surface area contributed by atoms with Gasteiger partial charge in [0.2, 0.25) is 0 Å². The van der Waals surface area contributed by atoms with Crippen LogP contribution in [0.1, 0.15) is 44.3 Å². The van der Waals surface area contributed by atoms with Crippen molar-refractivity contribution < 1.29 is 8.78 Å². The lowest BCUT2D eigenvalue weighted by Gasteiger charge is -2.22. The molecule has 1 heterocycles. The second kappa shape index (κ2) is 6.30. The molecule has 2 aromatic rings. The predicted octanol–water partition coefficient (Wildman–Crippen LogP) is 5.02. The Balaban J connectivity index is 1.88. The lowest BCUT2D eigenvalue weighted by atomic mass is 9.87. The van der Waals surface area contributed by atoms with Gasteiger partial charge in [-0.05, 0) is 18.4 Å². The van der Waals surface area contributed by atoms with Crippen molar-refractivity contribution >= 4 is 22.6 Å². The Hall–Kier alpha value is -1.16. The van der Waals surface area contributed by atoms with Crippen molar-refractivity contribution in [3.05, 3.63) is 29.6 Å². The van der Waals surface area contributed by atoms with E-state index in [-0.39, 0.29) is 11.4 Å². The highest BCUT2D eigenvalue weighted by Crippen LogP contribution is 2.28. The third kappa shape index (κ3) is 3.05. The maximum atomic E-state index is 13.8. The van der Waals surface area contributed by atoms with E-state index in [1.165, 1.54) is 38.2 Å². The van der Waals surface area contributed by atoms with Crippen LogP contribution in [0.25, 0.3) is 11.0 Å².